The molecule has 2 heterocycles. The average molecular weight is 573 g/mol. The molecule has 2 aromatic rings. The van der Waals surface area contributed by atoms with Crippen LogP contribution in [0.25, 0.3) is 0 Å². The molecule has 0 atom stereocenters. The Kier molecular flexibility index (Phi) is 9.76. The number of fused-ring (bicyclic) bond motifs is 1. The van der Waals surface area contributed by atoms with Gasteiger partial charge < -0.3 is 24.7 Å². The van der Waals surface area contributed by atoms with Crippen LogP contribution in [0.15, 0.2) is 28.3 Å². The molecule has 0 unspecified atom stereocenters. The van der Waals surface area contributed by atoms with Crippen LogP contribution >= 0.6 is 35.7 Å². The topological polar surface area (TPSA) is 85.6 Å². The van der Waals surface area contributed by atoms with E-state index in [0.29, 0.717) is 19.3 Å². The first-order valence-corrected chi connectivity index (χ1v) is 12.4. The molecule has 1 aromatic carbocycles. The van der Waals surface area contributed by atoms with Crippen molar-refractivity contribution in [3.05, 3.63) is 24.0 Å². The number of anilines is 1. The number of halogens is 1. The molecule has 8 nitrogen and oxygen atoms in total. The Balaban J connectivity index is 0.00000289. The number of rotatable bonds is 7. The van der Waals surface area contributed by atoms with E-state index in [1.54, 1.807) is 18.8 Å². The van der Waals surface area contributed by atoms with E-state index < -0.39 is 0 Å². The molecule has 32 heavy (non-hydrogen) atoms. The van der Waals surface area contributed by atoms with Crippen LogP contribution in [0.1, 0.15) is 50.4 Å². The second-order valence-corrected chi connectivity index (χ2v) is 8.62. The molecule has 4 rings (SSSR count). The van der Waals surface area contributed by atoms with Gasteiger partial charge in [0.25, 0.3) is 0 Å². The molecule has 2 aliphatic rings. The maximum Gasteiger partial charge on any atom is 0.195 e. The van der Waals surface area contributed by atoms with Gasteiger partial charge in [-0.25, -0.2) is 0 Å². The number of nitrogens with one attached hydrogen (secondary N) is 2. The van der Waals surface area contributed by atoms with E-state index in [9.17, 15) is 0 Å². The number of aromatic nitrogens is 3. The Morgan fingerprint density at radius 3 is 2.69 bits per heavy atom. The lowest BCUT2D eigenvalue weighted by molar-refractivity contribution is 0.297. The van der Waals surface area contributed by atoms with Crippen molar-refractivity contribution in [2.45, 2.75) is 56.1 Å². The van der Waals surface area contributed by atoms with Gasteiger partial charge in [-0.3, -0.25) is 4.99 Å². The van der Waals surface area contributed by atoms with Crippen LogP contribution in [-0.4, -0.2) is 53.8 Å². The summed E-state index contributed by atoms with van der Waals surface area (Å²) in [5.74, 6) is 3.40. The first kappa shape index (κ1) is 24.9. The zero-order valence-corrected chi connectivity index (χ0v) is 21.9. The second-order valence-electron chi connectivity index (χ2n) is 7.85. The van der Waals surface area contributed by atoms with Crippen molar-refractivity contribution in [2.75, 3.05) is 38.4 Å². The normalized spacial score (nSPS) is 16.4. The van der Waals surface area contributed by atoms with Gasteiger partial charge in [0.05, 0.1) is 13.2 Å². The third-order valence-electron chi connectivity index (χ3n) is 5.71. The summed E-state index contributed by atoms with van der Waals surface area (Å²) in [5.41, 5.74) is 0.919. The number of benzene rings is 1. The van der Waals surface area contributed by atoms with Gasteiger partial charge >= 0.3 is 0 Å². The maximum absolute atomic E-state index is 5.77. The highest BCUT2D eigenvalue weighted by Crippen LogP contribution is 2.34. The number of hydrogen-bond donors (Lipinski definition) is 2. The standard InChI is InChI=1S/C22H32N6O2S.HI/c1-23-21(25-16-10-11-18-19(15-16)30-14-6-13-29-18)24-12-5-9-20-26-27-22(31-2)28(20)17-7-3-4-8-17;/h10-11,15,17H,3-9,12-14H2,1-2H3,(H2,23,24,25);1H. The number of thioether (sulfide) groups is 1. The minimum atomic E-state index is 0. The van der Waals surface area contributed by atoms with Gasteiger partial charge in [0.1, 0.15) is 5.82 Å². The van der Waals surface area contributed by atoms with Crippen LogP contribution in [-0.2, 0) is 6.42 Å². The van der Waals surface area contributed by atoms with Crippen LogP contribution < -0.4 is 20.1 Å². The average Bonchev–Trinajstić information content (AvgIpc) is 3.40. The summed E-state index contributed by atoms with van der Waals surface area (Å²) in [4.78, 5) is 4.34. The summed E-state index contributed by atoms with van der Waals surface area (Å²) in [6.45, 7) is 2.17. The molecule has 176 valence electrons. The molecular weight excluding hydrogens is 539 g/mol. The fourth-order valence-electron chi connectivity index (χ4n) is 4.16. The van der Waals surface area contributed by atoms with Gasteiger partial charge in [-0.15, -0.1) is 34.2 Å². The van der Waals surface area contributed by atoms with Crippen molar-refractivity contribution in [1.29, 1.82) is 0 Å². The molecule has 0 amide bonds. The lowest BCUT2D eigenvalue weighted by Crippen LogP contribution is -2.31. The highest BCUT2D eigenvalue weighted by molar-refractivity contribution is 14.0. The molecule has 0 bridgehead atoms. The Morgan fingerprint density at radius 1 is 1.16 bits per heavy atom. The van der Waals surface area contributed by atoms with E-state index in [1.165, 1.54) is 25.7 Å². The van der Waals surface area contributed by atoms with Gasteiger partial charge in [-0.2, -0.15) is 0 Å². The zero-order valence-electron chi connectivity index (χ0n) is 18.8. The Morgan fingerprint density at radius 2 is 1.94 bits per heavy atom. The van der Waals surface area contributed by atoms with Crippen LogP contribution in [0.3, 0.4) is 0 Å². The van der Waals surface area contributed by atoms with Gasteiger partial charge in [-0.05, 0) is 37.7 Å². The molecule has 1 aromatic heterocycles. The summed E-state index contributed by atoms with van der Waals surface area (Å²) < 4.78 is 13.9. The Labute approximate surface area is 211 Å². The van der Waals surface area contributed by atoms with Gasteiger partial charge in [0, 0.05) is 44.2 Å². The minimum Gasteiger partial charge on any atom is -0.490 e. The van der Waals surface area contributed by atoms with Crippen molar-refractivity contribution in [3.8, 4) is 11.5 Å². The number of ether oxygens (including phenoxy) is 2. The molecule has 2 N–H and O–H groups in total. The van der Waals surface area contributed by atoms with E-state index in [2.05, 4.69) is 36.6 Å². The van der Waals surface area contributed by atoms with Gasteiger partial charge in [0.15, 0.2) is 22.6 Å². The van der Waals surface area contributed by atoms with Crippen molar-refractivity contribution >= 4 is 47.4 Å². The molecule has 0 spiro atoms. The fraction of sp³-hybridized carbons (Fsp3) is 0.591. The fourth-order valence-corrected chi connectivity index (χ4v) is 4.73. The predicted molar refractivity (Wildman–Crippen MR) is 140 cm³/mol. The predicted octanol–water partition coefficient (Wildman–Crippen LogP) is 4.51. The number of aliphatic imine (C=N–C) groups is 1. The quantitative estimate of drug-likeness (QED) is 0.166. The molecule has 0 saturated heterocycles. The third-order valence-corrected chi connectivity index (χ3v) is 6.35. The summed E-state index contributed by atoms with van der Waals surface area (Å²) in [7, 11) is 1.78. The van der Waals surface area contributed by atoms with E-state index in [1.807, 2.05) is 18.2 Å². The van der Waals surface area contributed by atoms with Crippen LogP contribution in [0, 0.1) is 0 Å². The van der Waals surface area contributed by atoms with Crippen LogP contribution in [0.5, 0.6) is 11.5 Å². The summed E-state index contributed by atoms with van der Waals surface area (Å²) >= 11 is 1.69. The summed E-state index contributed by atoms with van der Waals surface area (Å²) in [6.07, 6.45) is 9.92. The Bertz CT molecular complexity index is 901. The summed E-state index contributed by atoms with van der Waals surface area (Å²) in [6, 6.07) is 6.44. The van der Waals surface area contributed by atoms with E-state index >= 15 is 0 Å². The number of hydrogen-bond acceptors (Lipinski definition) is 6. The minimum absolute atomic E-state index is 0. The highest BCUT2D eigenvalue weighted by atomic mass is 127. The molecule has 1 aliphatic heterocycles. The van der Waals surface area contributed by atoms with Crippen molar-refractivity contribution in [1.82, 2.24) is 20.1 Å². The Hall–Kier alpha value is -1.69. The van der Waals surface area contributed by atoms with E-state index in [4.69, 9.17) is 9.47 Å². The number of nitrogens with zero attached hydrogens (tertiary/aromatic N) is 4. The lowest BCUT2D eigenvalue weighted by Gasteiger charge is -2.16. The molecular formula is C22H33IN6O2S. The molecule has 1 saturated carbocycles. The molecule has 1 aliphatic carbocycles. The lowest BCUT2D eigenvalue weighted by atomic mass is 10.2. The van der Waals surface area contributed by atoms with Gasteiger partial charge in [0.2, 0.25) is 0 Å². The third kappa shape index (κ3) is 6.21. The first-order chi connectivity index (χ1) is 15.3. The van der Waals surface area contributed by atoms with E-state index in [-0.39, 0.29) is 24.0 Å². The summed E-state index contributed by atoms with van der Waals surface area (Å²) in [5, 5.41) is 16.7. The number of guanidine groups is 1. The maximum atomic E-state index is 5.77. The molecule has 1 fully saturated rings. The molecule has 0 radical (unpaired) electrons. The van der Waals surface area contributed by atoms with Crippen LogP contribution in [0.2, 0.25) is 0 Å². The van der Waals surface area contributed by atoms with Crippen molar-refractivity contribution in [2.24, 2.45) is 4.99 Å². The molecule has 10 heteroatoms. The van der Waals surface area contributed by atoms with E-state index in [0.717, 1.165) is 59.9 Å². The first-order valence-electron chi connectivity index (χ1n) is 11.1. The van der Waals surface area contributed by atoms with Crippen molar-refractivity contribution < 1.29 is 9.47 Å². The monoisotopic (exact) mass is 572 g/mol. The second kappa shape index (κ2) is 12.5. The van der Waals surface area contributed by atoms with Gasteiger partial charge in [-0.1, -0.05) is 24.6 Å². The smallest absolute Gasteiger partial charge is 0.195 e. The number of aryl methyl sites for hydroxylation is 1. The highest BCUT2D eigenvalue weighted by Gasteiger charge is 2.23. The van der Waals surface area contributed by atoms with Crippen molar-refractivity contribution in [3.63, 3.8) is 0 Å². The zero-order chi connectivity index (χ0) is 21.5. The largest absolute Gasteiger partial charge is 0.490 e. The van der Waals surface area contributed by atoms with Crippen LogP contribution in [0.4, 0.5) is 5.69 Å². The SMILES string of the molecule is CN=C(NCCCc1nnc(SC)n1C1CCCC1)Nc1ccc2c(c1)OCCCO2.I.